The van der Waals surface area contributed by atoms with E-state index in [9.17, 15) is 4.79 Å². The van der Waals surface area contributed by atoms with E-state index in [-0.39, 0.29) is 10.8 Å². The second-order valence-corrected chi connectivity index (χ2v) is 6.22. The van der Waals surface area contributed by atoms with Crippen molar-refractivity contribution >= 4 is 22.1 Å². The number of pyridine rings is 1. The van der Waals surface area contributed by atoms with Crippen LogP contribution in [0.2, 0.25) is 0 Å². The molecule has 0 aliphatic heterocycles. The first-order valence-corrected chi connectivity index (χ1v) is 6.73. The molecule has 2 aromatic heterocycles. The summed E-state index contributed by atoms with van der Waals surface area (Å²) in [6.45, 7) is 6.41. The highest BCUT2D eigenvalue weighted by Crippen LogP contribution is 2.25. The van der Waals surface area contributed by atoms with Crippen molar-refractivity contribution in [2.24, 2.45) is 7.05 Å². The third kappa shape index (κ3) is 1.90. The van der Waals surface area contributed by atoms with Crippen molar-refractivity contribution in [3.05, 3.63) is 52.3 Å². The van der Waals surface area contributed by atoms with Gasteiger partial charge in [0.05, 0.1) is 5.39 Å². The summed E-state index contributed by atoms with van der Waals surface area (Å²) in [6, 6.07) is 9.58. The predicted molar refractivity (Wildman–Crippen MR) is 79.9 cm³/mol. The molecule has 102 valence electrons. The molecule has 0 fully saturated rings. The third-order valence-corrected chi connectivity index (χ3v) is 3.67. The average molecular weight is 268 g/mol. The van der Waals surface area contributed by atoms with Crippen LogP contribution >= 0.6 is 0 Å². The Morgan fingerprint density at radius 1 is 1.10 bits per heavy atom. The van der Waals surface area contributed by atoms with Crippen molar-refractivity contribution in [1.82, 2.24) is 0 Å². The van der Waals surface area contributed by atoms with Gasteiger partial charge in [0.1, 0.15) is 12.6 Å². The number of aromatic nitrogens is 1. The van der Waals surface area contributed by atoms with Crippen molar-refractivity contribution in [2.75, 3.05) is 0 Å². The Bertz CT molecular complexity index is 870. The number of rotatable bonds is 0. The fourth-order valence-electron chi connectivity index (χ4n) is 2.45. The van der Waals surface area contributed by atoms with Crippen LogP contribution in [-0.4, -0.2) is 0 Å². The summed E-state index contributed by atoms with van der Waals surface area (Å²) >= 11 is 0. The number of hydrogen-bond donors (Lipinski definition) is 0. The molecule has 0 spiro atoms. The second kappa shape index (κ2) is 4.17. The Labute approximate surface area is 117 Å². The second-order valence-electron chi connectivity index (χ2n) is 6.22. The Balaban J connectivity index is 2.47. The van der Waals surface area contributed by atoms with E-state index in [0.717, 1.165) is 5.56 Å². The number of fused-ring (bicyclic) bond motifs is 2. The van der Waals surface area contributed by atoms with Gasteiger partial charge in [0.2, 0.25) is 5.58 Å². The zero-order valence-corrected chi connectivity index (χ0v) is 12.2. The summed E-state index contributed by atoms with van der Waals surface area (Å²) in [7, 11) is 1.86. The average Bonchev–Trinajstić information content (AvgIpc) is 2.37. The van der Waals surface area contributed by atoms with Gasteiger partial charge in [-0.2, -0.15) is 4.57 Å². The Kier molecular flexibility index (Phi) is 2.68. The molecule has 3 nitrogen and oxygen atoms in total. The van der Waals surface area contributed by atoms with Gasteiger partial charge in [0.25, 0.3) is 10.9 Å². The van der Waals surface area contributed by atoms with Crippen molar-refractivity contribution in [3.8, 4) is 0 Å². The van der Waals surface area contributed by atoms with Gasteiger partial charge in [-0.25, -0.2) is 0 Å². The molecule has 0 bridgehead atoms. The molecular formula is C17H18NO2+. The van der Waals surface area contributed by atoms with Gasteiger partial charge in [-0.15, -0.1) is 0 Å². The number of nitrogens with zero attached hydrogens (tertiary/aromatic N) is 1. The van der Waals surface area contributed by atoms with Gasteiger partial charge in [-0.3, -0.25) is 4.79 Å². The van der Waals surface area contributed by atoms with Gasteiger partial charge in [-0.05, 0) is 29.2 Å². The molecule has 3 heteroatoms. The summed E-state index contributed by atoms with van der Waals surface area (Å²) in [4.78, 5) is 12.7. The lowest BCUT2D eigenvalue weighted by molar-refractivity contribution is -0.645. The van der Waals surface area contributed by atoms with E-state index in [4.69, 9.17) is 4.42 Å². The first kappa shape index (κ1) is 12.9. The van der Waals surface area contributed by atoms with Crippen LogP contribution in [0.15, 0.2) is 45.7 Å². The molecule has 3 aromatic rings. The van der Waals surface area contributed by atoms with Crippen LogP contribution in [0.5, 0.6) is 0 Å². The first-order valence-electron chi connectivity index (χ1n) is 6.73. The number of hydrogen-bond acceptors (Lipinski definition) is 2. The molecule has 0 unspecified atom stereocenters. The van der Waals surface area contributed by atoms with Crippen LogP contribution in [0.3, 0.4) is 0 Å². The van der Waals surface area contributed by atoms with Crippen LogP contribution in [-0.2, 0) is 12.5 Å². The fraction of sp³-hybridized carbons (Fsp3) is 0.294. The predicted octanol–water partition coefficient (Wildman–Crippen LogP) is 3.07. The highest BCUT2D eigenvalue weighted by Gasteiger charge is 2.19. The highest BCUT2D eigenvalue weighted by molar-refractivity contribution is 5.86. The summed E-state index contributed by atoms with van der Waals surface area (Å²) in [6.07, 6.45) is 1.86. The fourth-order valence-corrected chi connectivity index (χ4v) is 2.45. The van der Waals surface area contributed by atoms with E-state index in [1.165, 1.54) is 0 Å². The molecule has 0 amide bonds. The maximum absolute atomic E-state index is 12.7. The quantitative estimate of drug-likeness (QED) is 0.464. The van der Waals surface area contributed by atoms with Crippen LogP contribution in [0.25, 0.3) is 22.1 Å². The van der Waals surface area contributed by atoms with E-state index in [2.05, 4.69) is 20.8 Å². The van der Waals surface area contributed by atoms with Crippen LogP contribution in [0.1, 0.15) is 26.3 Å². The van der Waals surface area contributed by atoms with Crippen LogP contribution in [0.4, 0.5) is 0 Å². The third-order valence-electron chi connectivity index (χ3n) is 3.67. The number of aryl methyl sites for hydroxylation is 1. The summed E-state index contributed by atoms with van der Waals surface area (Å²) in [5.41, 5.74) is 3.03. The Morgan fingerprint density at radius 2 is 1.85 bits per heavy atom. The SMILES string of the molecule is C[n+]1cccc2oc3ccc(C(C)(C)C)cc3c(=O)c21. The van der Waals surface area contributed by atoms with Gasteiger partial charge in [0, 0.05) is 6.07 Å². The molecule has 1 aromatic carbocycles. The maximum atomic E-state index is 12.7. The first-order chi connectivity index (χ1) is 9.38. The molecule has 0 aliphatic carbocycles. The lowest BCUT2D eigenvalue weighted by Gasteiger charge is -2.18. The minimum Gasteiger partial charge on any atom is -0.449 e. The summed E-state index contributed by atoms with van der Waals surface area (Å²) in [5, 5.41) is 0.645. The van der Waals surface area contributed by atoms with Crippen LogP contribution in [0, 0.1) is 0 Å². The van der Waals surface area contributed by atoms with Crippen molar-refractivity contribution in [3.63, 3.8) is 0 Å². The smallest absolute Gasteiger partial charge is 0.296 e. The van der Waals surface area contributed by atoms with Gasteiger partial charge < -0.3 is 4.42 Å². The van der Waals surface area contributed by atoms with Gasteiger partial charge in [0.15, 0.2) is 6.20 Å². The minimum atomic E-state index is 0.00840. The lowest BCUT2D eigenvalue weighted by atomic mass is 9.86. The molecule has 0 atom stereocenters. The number of benzene rings is 1. The Morgan fingerprint density at radius 3 is 2.55 bits per heavy atom. The van der Waals surface area contributed by atoms with E-state index in [1.807, 2.05) is 48.1 Å². The highest BCUT2D eigenvalue weighted by atomic mass is 16.3. The zero-order chi connectivity index (χ0) is 14.5. The maximum Gasteiger partial charge on any atom is 0.296 e. The topological polar surface area (TPSA) is 34.1 Å². The molecule has 0 N–H and O–H groups in total. The minimum absolute atomic E-state index is 0.00840. The van der Waals surface area contributed by atoms with E-state index < -0.39 is 0 Å². The molecular weight excluding hydrogens is 250 g/mol. The molecule has 2 heterocycles. The van der Waals surface area contributed by atoms with Crippen molar-refractivity contribution in [2.45, 2.75) is 26.2 Å². The van der Waals surface area contributed by atoms with E-state index in [1.54, 1.807) is 0 Å². The zero-order valence-electron chi connectivity index (χ0n) is 12.2. The monoisotopic (exact) mass is 268 g/mol. The molecule has 20 heavy (non-hydrogen) atoms. The van der Waals surface area contributed by atoms with Gasteiger partial charge in [-0.1, -0.05) is 26.8 Å². The van der Waals surface area contributed by atoms with Gasteiger partial charge >= 0.3 is 0 Å². The standard InChI is InChI=1S/C17H18NO2/c1-17(2,3)11-7-8-13-12(10-11)16(19)15-14(20-13)6-5-9-18(15)4/h5-10H,1-4H3/q+1. The largest absolute Gasteiger partial charge is 0.449 e. The molecule has 0 radical (unpaired) electrons. The van der Waals surface area contributed by atoms with Crippen LogP contribution < -0.4 is 10.00 Å². The molecule has 3 rings (SSSR count). The normalized spacial score (nSPS) is 12.2. The van der Waals surface area contributed by atoms with Crippen molar-refractivity contribution < 1.29 is 8.98 Å². The summed E-state index contributed by atoms with van der Waals surface area (Å²) < 4.78 is 7.66. The van der Waals surface area contributed by atoms with E-state index >= 15 is 0 Å². The Hall–Kier alpha value is -2.16. The lowest BCUT2D eigenvalue weighted by Crippen LogP contribution is -2.33. The van der Waals surface area contributed by atoms with Crippen molar-refractivity contribution in [1.29, 1.82) is 0 Å². The van der Waals surface area contributed by atoms with E-state index in [0.29, 0.717) is 22.1 Å². The molecule has 0 aliphatic rings. The molecule has 0 saturated heterocycles. The summed E-state index contributed by atoms with van der Waals surface area (Å²) in [5.74, 6) is 0. The molecule has 0 saturated carbocycles.